The van der Waals surface area contributed by atoms with Crippen molar-refractivity contribution in [2.45, 2.75) is 12.1 Å². The van der Waals surface area contributed by atoms with E-state index in [1.807, 2.05) is 0 Å². The first-order valence-electron chi connectivity index (χ1n) is 7.30. The summed E-state index contributed by atoms with van der Waals surface area (Å²) < 4.78 is 5.76. The van der Waals surface area contributed by atoms with Crippen molar-refractivity contribution in [3.05, 3.63) is 24.3 Å². The zero-order chi connectivity index (χ0) is 15.5. The number of ether oxygens (including phenoxy) is 1. The molecule has 2 amide bonds. The second-order valence-corrected chi connectivity index (χ2v) is 5.42. The maximum atomic E-state index is 12.4. The Bertz CT molecular complexity index is 553. The molecule has 0 aromatic carbocycles. The number of carbonyl (C=O) groups excluding carboxylic acids is 2. The molecule has 2 saturated heterocycles. The van der Waals surface area contributed by atoms with Gasteiger partial charge >= 0.3 is 0 Å². The van der Waals surface area contributed by atoms with E-state index in [0.717, 1.165) is 0 Å². The molecule has 8 heteroatoms. The van der Waals surface area contributed by atoms with Gasteiger partial charge in [-0.15, -0.1) is 0 Å². The average Bonchev–Trinajstić information content (AvgIpc) is 3.00. The van der Waals surface area contributed by atoms with Crippen LogP contribution in [0.15, 0.2) is 18.6 Å². The number of carbonyl (C=O) groups is 2. The molecule has 0 aliphatic carbocycles. The van der Waals surface area contributed by atoms with Gasteiger partial charge in [-0.2, -0.15) is 0 Å². The van der Waals surface area contributed by atoms with Crippen LogP contribution in [-0.2, 0) is 9.53 Å². The Morgan fingerprint density at radius 1 is 1.41 bits per heavy atom. The summed E-state index contributed by atoms with van der Waals surface area (Å²) in [7, 11) is 1.62. The van der Waals surface area contributed by atoms with Gasteiger partial charge in [0.2, 0.25) is 5.91 Å². The minimum Gasteiger partial charge on any atom is -0.373 e. The normalized spacial score (nSPS) is 24.9. The van der Waals surface area contributed by atoms with Gasteiger partial charge in [0.05, 0.1) is 31.5 Å². The van der Waals surface area contributed by atoms with Gasteiger partial charge in [0.1, 0.15) is 5.69 Å². The Morgan fingerprint density at radius 3 is 3.00 bits per heavy atom. The topological polar surface area (TPSA) is 87.7 Å². The number of nitrogens with one attached hydrogen (secondary N) is 1. The van der Waals surface area contributed by atoms with Crippen molar-refractivity contribution in [2.24, 2.45) is 0 Å². The Balaban J connectivity index is 1.69. The molecule has 3 heterocycles. The van der Waals surface area contributed by atoms with Crippen LogP contribution in [0.5, 0.6) is 0 Å². The lowest BCUT2D eigenvalue weighted by Crippen LogP contribution is -2.53. The fourth-order valence-electron chi connectivity index (χ4n) is 2.96. The molecule has 2 aliphatic heterocycles. The summed E-state index contributed by atoms with van der Waals surface area (Å²) in [6.07, 6.45) is 4.45. The molecule has 0 spiro atoms. The van der Waals surface area contributed by atoms with Crippen LogP contribution in [0.3, 0.4) is 0 Å². The molecule has 2 aliphatic rings. The number of likely N-dealkylation sites (tertiary alicyclic amines) is 1. The summed E-state index contributed by atoms with van der Waals surface area (Å²) in [4.78, 5) is 35.8. The van der Waals surface area contributed by atoms with E-state index in [0.29, 0.717) is 38.5 Å². The van der Waals surface area contributed by atoms with Gasteiger partial charge in [-0.1, -0.05) is 0 Å². The first kappa shape index (κ1) is 14.9. The quantitative estimate of drug-likeness (QED) is 0.750. The Morgan fingerprint density at radius 2 is 2.27 bits per heavy atom. The lowest BCUT2D eigenvalue weighted by Gasteiger charge is -2.35. The first-order valence-corrected chi connectivity index (χ1v) is 7.30. The molecule has 0 bridgehead atoms. The monoisotopic (exact) mass is 305 g/mol. The van der Waals surface area contributed by atoms with Crippen LogP contribution >= 0.6 is 0 Å². The highest BCUT2D eigenvalue weighted by molar-refractivity contribution is 5.92. The molecule has 2 fully saturated rings. The van der Waals surface area contributed by atoms with Crippen LogP contribution in [0.4, 0.5) is 0 Å². The Kier molecular flexibility index (Phi) is 4.30. The van der Waals surface area contributed by atoms with E-state index in [1.165, 1.54) is 18.6 Å². The third kappa shape index (κ3) is 2.93. The second-order valence-electron chi connectivity index (χ2n) is 5.42. The zero-order valence-electron chi connectivity index (χ0n) is 12.4. The van der Waals surface area contributed by atoms with Crippen LogP contribution in [0.25, 0.3) is 0 Å². The van der Waals surface area contributed by atoms with Crippen LogP contribution in [-0.4, -0.2) is 83.6 Å². The average molecular weight is 305 g/mol. The standard InChI is InChI=1S/C14H19N5O3/c1-15-13(20)9-18-4-5-22-12-8-19(7-11(12)18)14(21)10-6-16-2-3-17-10/h2-3,6,11-12H,4-5,7-9H2,1H3,(H,15,20)/t11-,12+/m1/s1. The fraction of sp³-hybridized carbons (Fsp3) is 0.571. The fourth-order valence-corrected chi connectivity index (χ4v) is 2.96. The minimum absolute atomic E-state index is 0.0284. The summed E-state index contributed by atoms with van der Waals surface area (Å²) in [6.45, 7) is 2.66. The molecular formula is C14H19N5O3. The number of hydrogen-bond acceptors (Lipinski definition) is 6. The van der Waals surface area contributed by atoms with Crippen LogP contribution < -0.4 is 5.32 Å². The van der Waals surface area contributed by atoms with E-state index < -0.39 is 0 Å². The van der Waals surface area contributed by atoms with Crippen molar-refractivity contribution < 1.29 is 14.3 Å². The molecule has 2 atom stereocenters. The van der Waals surface area contributed by atoms with Gasteiger partial charge in [0, 0.05) is 39.1 Å². The molecule has 118 valence electrons. The van der Waals surface area contributed by atoms with E-state index in [2.05, 4.69) is 20.2 Å². The van der Waals surface area contributed by atoms with Gasteiger partial charge in [-0.05, 0) is 0 Å². The molecule has 3 rings (SSSR count). The molecule has 0 radical (unpaired) electrons. The third-order valence-corrected chi connectivity index (χ3v) is 4.11. The van der Waals surface area contributed by atoms with Crippen LogP contribution in [0.2, 0.25) is 0 Å². The number of rotatable bonds is 3. The summed E-state index contributed by atoms with van der Waals surface area (Å²) in [6, 6.07) is 0.0478. The second kappa shape index (κ2) is 6.37. The number of nitrogens with zero attached hydrogens (tertiary/aromatic N) is 4. The zero-order valence-corrected chi connectivity index (χ0v) is 12.4. The van der Waals surface area contributed by atoms with Crippen molar-refractivity contribution >= 4 is 11.8 Å². The highest BCUT2D eigenvalue weighted by Gasteiger charge is 2.42. The summed E-state index contributed by atoms with van der Waals surface area (Å²) in [5.74, 6) is -0.176. The number of likely N-dealkylation sites (N-methyl/N-ethyl adjacent to an activating group) is 1. The van der Waals surface area contributed by atoms with Gasteiger partial charge in [0.25, 0.3) is 5.91 Å². The largest absolute Gasteiger partial charge is 0.373 e. The summed E-state index contributed by atoms with van der Waals surface area (Å²) in [5.41, 5.74) is 0.332. The van der Waals surface area contributed by atoms with Crippen LogP contribution in [0.1, 0.15) is 10.5 Å². The molecular weight excluding hydrogens is 286 g/mol. The van der Waals surface area contributed by atoms with Crippen molar-refractivity contribution in [1.82, 2.24) is 25.1 Å². The molecule has 1 aromatic rings. The van der Waals surface area contributed by atoms with Crippen molar-refractivity contribution in [2.75, 3.05) is 39.8 Å². The van der Waals surface area contributed by atoms with E-state index in [1.54, 1.807) is 11.9 Å². The highest BCUT2D eigenvalue weighted by Crippen LogP contribution is 2.23. The molecule has 8 nitrogen and oxygen atoms in total. The summed E-state index contributed by atoms with van der Waals surface area (Å²) >= 11 is 0. The molecule has 22 heavy (non-hydrogen) atoms. The number of morpholine rings is 1. The third-order valence-electron chi connectivity index (χ3n) is 4.11. The van der Waals surface area contributed by atoms with E-state index in [-0.39, 0.29) is 24.0 Å². The molecule has 0 unspecified atom stereocenters. The molecule has 1 N–H and O–H groups in total. The summed E-state index contributed by atoms with van der Waals surface area (Å²) in [5, 5.41) is 2.63. The maximum Gasteiger partial charge on any atom is 0.274 e. The van der Waals surface area contributed by atoms with Crippen molar-refractivity contribution in [1.29, 1.82) is 0 Å². The van der Waals surface area contributed by atoms with Crippen molar-refractivity contribution in [3.8, 4) is 0 Å². The van der Waals surface area contributed by atoms with Gasteiger partial charge < -0.3 is 15.0 Å². The van der Waals surface area contributed by atoms with E-state index in [9.17, 15) is 9.59 Å². The smallest absolute Gasteiger partial charge is 0.274 e. The lowest BCUT2D eigenvalue weighted by molar-refractivity contribution is -0.125. The predicted molar refractivity (Wildman–Crippen MR) is 77.1 cm³/mol. The lowest BCUT2D eigenvalue weighted by atomic mass is 10.1. The molecule has 1 aromatic heterocycles. The van der Waals surface area contributed by atoms with Crippen LogP contribution in [0, 0.1) is 0 Å². The number of fused-ring (bicyclic) bond motifs is 1. The Labute approximate surface area is 128 Å². The van der Waals surface area contributed by atoms with Gasteiger partial charge in [0.15, 0.2) is 0 Å². The van der Waals surface area contributed by atoms with Crippen molar-refractivity contribution in [3.63, 3.8) is 0 Å². The van der Waals surface area contributed by atoms with E-state index >= 15 is 0 Å². The molecule has 0 saturated carbocycles. The van der Waals surface area contributed by atoms with Gasteiger partial charge in [-0.25, -0.2) is 4.98 Å². The maximum absolute atomic E-state index is 12.4. The first-order chi connectivity index (χ1) is 10.7. The SMILES string of the molecule is CNC(=O)CN1CCO[C@H]2CN(C(=O)c3cnccn3)C[C@H]21. The predicted octanol–water partition coefficient (Wildman–Crippen LogP) is -1.25. The number of hydrogen-bond donors (Lipinski definition) is 1. The van der Waals surface area contributed by atoms with Gasteiger partial charge in [-0.3, -0.25) is 19.5 Å². The Hall–Kier alpha value is -2.06. The number of amides is 2. The minimum atomic E-state index is -0.147. The highest BCUT2D eigenvalue weighted by atomic mass is 16.5. The number of aromatic nitrogens is 2. The van der Waals surface area contributed by atoms with E-state index in [4.69, 9.17) is 4.74 Å².